The zero-order valence-electron chi connectivity index (χ0n) is 3.98. The lowest BCUT2D eigenvalue weighted by Crippen LogP contribution is -2.29. The number of rotatable bonds is 4. The third-order valence-corrected chi connectivity index (χ3v) is 0.407. The van der Waals surface area contributed by atoms with Crippen molar-refractivity contribution in [1.29, 1.82) is 0 Å². The molecule has 0 aromatic carbocycles. The number of amides is 1. The van der Waals surface area contributed by atoms with Crippen molar-refractivity contribution in [3.05, 3.63) is 12.7 Å². The highest BCUT2D eigenvalue weighted by Crippen LogP contribution is 1.49. The summed E-state index contributed by atoms with van der Waals surface area (Å²) in [6.07, 6.45) is 2.22. The van der Waals surface area contributed by atoms with Gasteiger partial charge in [0.1, 0.15) is 0 Å². The average Bonchev–Trinajstić information content (AvgIpc) is 1.69. The van der Waals surface area contributed by atoms with E-state index in [0.29, 0.717) is 13.0 Å². The molecule has 0 saturated heterocycles. The zero-order valence-corrected chi connectivity index (χ0v) is 3.98. The van der Waals surface area contributed by atoms with Crippen molar-refractivity contribution in [1.82, 2.24) is 10.9 Å². The Morgan fingerprint density at radius 2 is 2.43 bits per heavy atom. The van der Waals surface area contributed by atoms with E-state index in [0.717, 1.165) is 0 Å². The first-order valence-electron chi connectivity index (χ1n) is 1.94. The van der Waals surface area contributed by atoms with Crippen LogP contribution in [0.4, 0.5) is 0 Å². The van der Waals surface area contributed by atoms with Gasteiger partial charge in [-0.1, -0.05) is 6.08 Å². The number of hydrogen-bond donors (Lipinski definition) is 2. The first-order valence-corrected chi connectivity index (χ1v) is 1.94. The number of carbonyl (C=O) groups excluding carboxylic acids is 1. The molecule has 0 aliphatic rings. The van der Waals surface area contributed by atoms with E-state index in [4.69, 9.17) is 0 Å². The summed E-state index contributed by atoms with van der Waals surface area (Å²) in [5, 5.41) is 0. The van der Waals surface area contributed by atoms with Gasteiger partial charge in [0.05, 0.1) is 0 Å². The third kappa shape index (κ3) is 5.17. The molecule has 7 heavy (non-hydrogen) atoms. The van der Waals surface area contributed by atoms with Gasteiger partial charge in [-0.05, 0) is 0 Å². The normalized spacial score (nSPS) is 7.43. The van der Waals surface area contributed by atoms with Crippen LogP contribution in [-0.2, 0) is 4.79 Å². The van der Waals surface area contributed by atoms with Crippen molar-refractivity contribution in [2.75, 3.05) is 6.54 Å². The fourth-order valence-corrected chi connectivity index (χ4v) is 0.173. The highest BCUT2D eigenvalue weighted by molar-refractivity contribution is 5.44. The molecule has 0 bridgehead atoms. The van der Waals surface area contributed by atoms with Gasteiger partial charge < -0.3 is 0 Å². The standard InChI is InChI=1S/C4H8N2O/c1-2-3-5-6-4-7/h2,4-5H,1,3H2,(H,6,7). The van der Waals surface area contributed by atoms with E-state index in [1.807, 2.05) is 0 Å². The Bertz CT molecular complexity index is 54.7. The van der Waals surface area contributed by atoms with Crippen molar-refractivity contribution in [2.24, 2.45) is 0 Å². The minimum atomic E-state index is 0.573. The predicted octanol–water partition coefficient (Wildman–Crippen LogP) is -0.577. The predicted molar refractivity (Wildman–Crippen MR) is 27.4 cm³/mol. The maximum Gasteiger partial charge on any atom is 0.221 e. The van der Waals surface area contributed by atoms with Crippen molar-refractivity contribution in [2.45, 2.75) is 0 Å². The van der Waals surface area contributed by atoms with Crippen LogP contribution in [0.5, 0.6) is 0 Å². The molecular weight excluding hydrogens is 92.1 g/mol. The van der Waals surface area contributed by atoms with Crippen molar-refractivity contribution < 1.29 is 4.79 Å². The Morgan fingerprint density at radius 1 is 1.71 bits per heavy atom. The summed E-state index contributed by atoms with van der Waals surface area (Å²) in [5.41, 5.74) is 4.80. The summed E-state index contributed by atoms with van der Waals surface area (Å²) in [6, 6.07) is 0. The van der Waals surface area contributed by atoms with E-state index in [1.54, 1.807) is 6.08 Å². The first kappa shape index (κ1) is 6.17. The molecule has 0 aromatic rings. The molecule has 0 aromatic heterocycles. The Hall–Kier alpha value is -0.830. The average molecular weight is 100 g/mol. The van der Waals surface area contributed by atoms with Gasteiger partial charge in [0, 0.05) is 6.54 Å². The Labute approximate surface area is 42.4 Å². The van der Waals surface area contributed by atoms with E-state index < -0.39 is 0 Å². The second-order valence-electron chi connectivity index (χ2n) is 0.932. The molecular formula is C4H8N2O. The summed E-state index contributed by atoms with van der Waals surface area (Å²) in [4.78, 5) is 9.47. The van der Waals surface area contributed by atoms with Crippen LogP contribution in [0.3, 0.4) is 0 Å². The molecule has 0 unspecified atom stereocenters. The molecule has 0 aliphatic carbocycles. The Morgan fingerprint density at radius 3 is 2.86 bits per heavy atom. The van der Waals surface area contributed by atoms with Gasteiger partial charge in [-0.25, -0.2) is 5.43 Å². The molecule has 40 valence electrons. The first-order chi connectivity index (χ1) is 3.41. The van der Waals surface area contributed by atoms with Crippen molar-refractivity contribution in [3.8, 4) is 0 Å². The molecule has 0 rings (SSSR count). The molecule has 3 nitrogen and oxygen atoms in total. The molecule has 0 heterocycles. The van der Waals surface area contributed by atoms with Crippen LogP contribution >= 0.6 is 0 Å². The minimum Gasteiger partial charge on any atom is -0.294 e. The third-order valence-electron chi connectivity index (χ3n) is 0.407. The molecule has 0 radical (unpaired) electrons. The second-order valence-corrected chi connectivity index (χ2v) is 0.932. The summed E-state index contributed by atoms with van der Waals surface area (Å²) in [6.45, 7) is 4.01. The highest BCUT2D eigenvalue weighted by Gasteiger charge is 1.68. The number of nitrogens with one attached hydrogen (secondary N) is 2. The topological polar surface area (TPSA) is 41.1 Å². The van der Waals surface area contributed by atoms with Gasteiger partial charge in [0.2, 0.25) is 6.41 Å². The van der Waals surface area contributed by atoms with E-state index in [2.05, 4.69) is 17.4 Å². The van der Waals surface area contributed by atoms with Crippen LogP contribution < -0.4 is 10.9 Å². The fourth-order valence-electron chi connectivity index (χ4n) is 0.173. The molecule has 0 aliphatic heterocycles. The van der Waals surface area contributed by atoms with Crippen LogP contribution in [0.15, 0.2) is 12.7 Å². The second kappa shape index (κ2) is 5.17. The summed E-state index contributed by atoms with van der Waals surface area (Å²) in [7, 11) is 0. The Kier molecular flexibility index (Phi) is 4.56. The van der Waals surface area contributed by atoms with Crippen LogP contribution in [0.2, 0.25) is 0 Å². The van der Waals surface area contributed by atoms with Gasteiger partial charge in [-0.2, -0.15) is 0 Å². The highest BCUT2D eigenvalue weighted by atomic mass is 16.1. The quantitative estimate of drug-likeness (QED) is 0.215. The SMILES string of the molecule is C=CCNNC=O. The molecule has 1 amide bonds. The molecule has 0 atom stereocenters. The lowest BCUT2D eigenvalue weighted by Gasteiger charge is -1.92. The van der Waals surface area contributed by atoms with Crippen LogP contribution in [0.25, 0.3) is 0 Å². The van der Waals surface area contributed by atoms with Crippen LogP contribution in [0.1, 0.15) is 0 Å². The molecule has 0 fully saturated rings. The number of carbonyl (C=O) groups is 1. The smallest absolute Gasteiger partial charge is 0.221 e. The van der Waals surface area contributed by atoms with Crippen LogP contribution in [-0.4, -0.2) is 13.0 Å². The van der Waals surface area contributed by atoms with Gasteiger partial charge in [-0.15, -0.1) is 6.58 Å². The Balaban J connectivity index is 2.68. The lowest BCUT2D eigenvalue weighted by atomic mass is 10.7. The molecule has 0 spiro atoms. The molecule has 0 saturated carbocycles. The maximum atomic E-state index is 9.47. The van der Waals surface area contributed by atoms with Crippen LogP contribution in [0, 0.1) is 0 Å². The maximum absolute atomic E-state index is 9.47. The monoisotopic (exact) mass is 100 g/mol. The zero-order chi connectivity index (χ0) is 5.54. The van der Waals surface area contributed by atoms with Gasteiger partial charge in [-0.3, -0.25) is 10.2 Å². The van der Waals surface area contributed by atoms with Crippen molar-refractivity contribution >= 4 is 6.41 Å². The number of hydrogen-bond acceptors (Lipinski definition) is 2. The molecule has 2 N–H and O–H groups in total. The summed E-state index contributed by atoms with van der Waals surface area (Å²) in [5.74, 6) is 0. The van der Waals surface area contributed by atoms with Gasteiger partial charge in [0.25, 0.3) is 0 Å². The van der Waals surface area contributed by atoms with Gasteiger partial charge in [0.15, 0.2) is 0 Å². The van der Waals surface area contributed by atoms with E-state index >= 15 is 0 Å². The van der Waals surface area contributed by atoms with E-state index in [-0.39, 0.29) is 0 Å². The fraction of sp³-hybridized carbons (Fsp3) is 0.250. The van der Waals surface area contributed by atoms with E-state index in [9.17, 15) is 4.79 Å². The lowest BCUT2D eigenvalue weighted by molar-refractivity contribution is -0.110. The van der Waals surface area contributed by atoms with Gasteiger partial charge >= 0.3 is 0 Å². The summed E-state index contributed by atoms with van der Waals surface area (Å²) >= 11 is 0. The van der Waals surface area contributed by atoms with Crippen molar-refractivity contribution in [3.63, 3.8) is 0 Å². The number of hydrazine groups is 1. The largest absolute Gasteiger partial charge is 0.294 e. The van der Waals surface area contributed by atoms with E-state index in [1.165, 1.54) is 0 Å². The molecule has 3 heteroatoms. The summed E-state index contributed by atoms with van der Waals surface area (Å²) < 4.78 is 0. The minimum absolute atomic E-state index is 0.573.